The number of hydrogen-bond acceptors (Lipinski definition) is 4. The first-order valence-electron chi connectivity index (χ1n) is 6.44. The summed E-state index contributed by atoms with van der Waals surface area (Å²) in [6.07, 6.45) is 3.62. The molecule has 0 saturated heterocycles. The zero-order valence-corrected chi connectivity index (χ0v) is 12.5. The Morgan fingerprint density at radius 3 is 2.76 bits per heavy atom. The van der Waals surface area contributed by atoms with Crippen molar-refractivity contribution < 1.29 is 4.79 Å². The van der Waals surface area contributed by atoms with Crippen LogP contribution in [0.5, 0.6) is 0 Å². The lowest BCUT2D eigenvalue weighted by Gasteiger charge is -2.08. The summed E-state index contributed by atoms with van der Waals surface area (Å²) in [4.78, 5) is 16.4. The summed E-state index contributed by atoms with van der Waals surface area (Å²) >= 11 is 1.65. The van der Waals surface area contributed by atoms with Gasteiger partial charge in [-0.05, 0) is 35.6 Å². The van der Waals surface area contributed by atoms with Gasteiger partial charge in [0, 0.05) is 18.5 Å². The predicted molar refractivity (Wildman–Crippen MR) is 83.8 cm³/mol. The Bertz CT molecular complexity index is 662. The fourth-order valence-corrected chi connectivity index (χ4v) is 2.42. The van der Waals surface area contributed by atoms with Crippen LogP contribution < -0.4 is 5.32 Å². The third-order valence-corrected chi connectivity index (χ3v) is 3.54. The first-order chi connectivity index (χ1) is 10.2. The highest BCUT2D eigenvalue weighted by molar-refractivity contribution is 7.97. The largest absolute Gasteiger partial charge is 0.347 e. The average molecular weight is 297 g/mol. The van der Waals surface area contributed by atoms with Crippen LogP contribution in [0.1, 0.15) is 27.2 Å². The molecule has 106 valence electrons. The van der Waals surface area contributed by atoms with Gasteiger partial charge in [0.05, 0.1) is 11.6 Å². The number of nitriles is 1. The molecule has 4 nitrogen and oxygen atoms in total. The molecule has 0 saturated carbocycles. The maximum Gasteiger partial charge on any atom is 0.270 e. The van der Waals surface area contributed by atoms with Gasteiger partial charge in [-0.3, -0.25) is 9.78 Å². The van der Waals surface area contributed by atoms with Crippen LogP contribution in [0.4, 0.5) is 0 Å². The van der Waals surface area contributed by atoms with Crippen molar-refractivity contribution in [2.24, 2.45) is 0 Å². The van der Waals surface area contributed by atoms with E-state index in [0.29, 0.717) is 17.8 Å². The second-order valence-electron chi connectivity index (χ2n) is 4.44. The van der Waals surface area contributed by atoms with E-state index in [2.05, 4.69) is 16.4 Å². The Morgan fingerprint density at radius 2 is 2.10 bits per heavy atom. The fraction of sp³-hybridized carbons (Fsp3) is 0.188. The fourth-order valence-electron chi connectivity index (χ4n) is 1.88. The van der Waals surface area contributed by atoms with Crippen LogP contribution in [0.15, 0.2) is 42.6 Å². The number of benzene rings is 1. The molecule has 1 amide bonds. The summed E-state index contributed by atoms with van der Waals surface area (Å²) in [5.41, 5.74) is 2.96. The Balaban J connectivity index is 2.03. The minimum absolute atomic E-state index is 0.177. The number of nitrogens with zero attached hydrogens (tertiary/aromatic N) is 2. The molecule has 1 aromatic heterocycles. The predicted octanol–water partition coefficient (Wildman–Crippen LogP) is 2.75. The quantitative estimate of drug-likeness (QED) is 0.921. The van der Waals surface area contributed by atoms with Crippen LogP contribution in [0, 0.1) is 11.3 Å². The Hall–Kier alpha value is -2.32. The van der Waals surface area contributed by atoms with Gasteiger partial charge in [0.1, 0.15) is 5.69 Å². The summed E-state index contributed by atoms with van der Waals surface area (Å²) in [5, 5.41) is 11.6. The highest BCUT2D eigenvalue weighted by atomic mass is 32.2. The van der Waals surface area contributed by atoms with Gasteiger partial charge in [0.25, 0.3) is 5.91 Å². The topological polar surface area (TPSA) is 65.8 Å². The molecule has 0 bridgehead atoms. The van der Waals surface area contributed by atoms with Crippen LogP contribution in [0.3, 0.4) is 0 Å². The third-order valence-electron chi connectivity index (χ3n) is 2.94. The molecule has 1 heterocycles. The molecule has 0 spiro atoms. The molecule has 21 heavy (non-hydrogen) atoms. The molecule has 0 atom stereocenters. The van der Waals surface area contributed by atoms with Crippen LogP contribution in [-0.2, 0) is 12.3 Å². The molecule has 2 aromatic rings. The molecule has 0 unspecified atom stereocenters. The normalized spacial score (nSPS) is 9.90. The Morgan fingerprint density at radius 1 is 1.33 bits per heavy atom. The Labute approximate surface area is 128 Å². The van der Waals surface area contributed by atoms with Crippen molar-refractivity contribution in [3.05, 3.63) is 65.0 Å². The van der Waals surface area contributed by atoms with E-state index in [-0.39, 0.29) is 5.91 Å². The van der Waals surface area contributed by atoms with Crippen LogP contribution in [-0.4, -0.2) is 17.1 Å². The number of nitrogens with one attached hydrogen (secondary N) is 1. The average Bonchev–Trinajstić information content (AvgIpc) is 2.54. The summed E-state index contributed by atoms with van der Waals surface area (Å²) in [6, 6.07) is 13.0. The molecule has 0 aliphatic rings. The lowest BCUT2D eigenvalue weighted by Crippen LogP contribution is -2.25. The minimum Gasteiger partial charge on any atom is -0.347 e. The van der Waals surface area contributed by atoms with Crippen molar-refractivity contribution in [1.29, 1.82) is 5.26 Å². The summed E-state index contributed by atoms with van der Waals surface area (Å²) in [7, 11) is 0. The highest BCUT2D eigenvalue weighted by Gasteiger charge is 2.11. The van der Waals surface area contributed by atoms with Crippen LogP contribution in [0.2, 0.25) is 0 Å². The third kappa shape index (κ3) is 4.07. The van der Waals surface area contributed by atoms with E-state index < -0.39 is 0 Å². The lowest BCUT2D eigenvalue weighted by atomic mass is 10.1. The van der Waals surface area contributed by atoms with Crippen LogP contribution >= 0.6 is 11.8 Å². The maximum absolute atomic E-state index is 12.2. The molecule has 1 N–H and O–H groups in total. The number of hydrogen-bond donors (Lipinski definition) is 1. The monoisotopic (exact) mass is 297 g/mol. The molecule has 0 aliphatic heterocycles. The molecular formula is C16H15N3OS. The van der Waals surface area contributed by atoms with E-state index in [4.69, 9.17) is 5.26 Å². The first kappa shape index (κ1) is 15.1. The van der Waals surface area contributed by atoms with Crippen LogP contribution in [0.25, 0.3) is 0 Å². The molecule has 0 aliphatic carbocycles. The maximum atomic E-state index is 12.2. The molecule has 0 radical (unpaired) electrons. The SMILES string of the molecule is CSCc1cccnc1C(=O)NCc1ccc(C#N)cc1. The zero-order chi connectivity index (χ0) is 15.1. The minimum atomic E-state index is -0.177. The van der Waals surface area contributed by atoms with Gasteiger partial charge in [-0.1, -0.05) is 18.2 Å². The molecule has 0 fully saturated rings. The van der Waals surface area contributed by atoms with Gasteiger partial charge >= 0.3 is 0 Å². The summed E-state index contributed by atoms with van der Waals surface area (Å²) in [5.74, 6) is 0.581. The first-order valence-corrected chi connectivity index (χ1v) is 7.84. The van der Waals surface area contributed by atoms with E-state index in [1.807, 2.05) is 30.5 Å². The standard InChI is InChI=1S/C16H15N3OS/c1-21-11-14-3-2-8-18-15(14)16(20)19-10-13-6-4-12(9-17)5-7-13/h2-8H,10-11H2,1H3,(H,19,20). The number of carbonyl (C=O) groups excluding carboxylic acids is 1. The highest BCUT2D eigenvalue weighted by Crippen LogP contribution is 2.12. The van der Waals surface area contributed by atoms with E-state index in [0.717, 1.165) is 16.9 Å². The Kier molecular flexibility index (Phi) is 5.35. The van der Waals surface area contributed by atoms with Crippen molar-refractivity contribution in [2.45, 2.75) is 12.3 Å². The second-order valence-corrected chi connectivity index (χ2v) is 5.30. The van der Waals surface area contributed by atoms with Crippen molar-refractivity contribution in [1.82, 2.24) is 10.3 Å². The van der Waals surface area contributed by atoms with Gasteiger partial charge in [0.15, 0.2) is 0 Å². The van der Waals surface area contributed by atoms with Gasteiger partial charge in [-0.25, -0.2) is 0 Å². The number of amides is 1. The lowest BCUT2D eigenvalue weighted by molar-refractivity contribution is 0.0945. The molecular weight excluding hydrogens is 282 g/mol. The van der Waals surface area contributed by atoms with E-state index in [9.17, 15) is 4.79 Å². The number of thioether (sulfide) groups is 1. The summed E-state index contributed by atoms with van der Waals surface area (Å²) < 4.78 is 0. The van der Waals surface area contributed by atoms with Crippen molar-refractivity contribution >= 4 is 17.7 Å². The van der Waals surface area contributed by atoms with E-state index in [1.54, 1.807) is 30.1 Å². The molecule has 2 rings (SSSR count). The van der Waals surface area contributed by atoms with E-state index in [1.165, 1.54) is 0 Å². The molecule has 5 heteroatoms. The second kappa shape index (κ2) is 7.46. The van der Waals surface area contributed by atoms with Crippen molar-refractivity contribution in [3.63, 3.8) is 0 Å². The van der Waals surface area contributed by atoms with Gasteiger partial charge < -0.3 is 5.32 Å². The smallest absolute Gasteiger partial charge is 0.270 e. The number of carbonyl (C=O) groups is 1. The van der Waals surface area contributed by atoms with Gasteiger partial charge in [-0.2, -0.15) is 17.0 Å². The van der Waals surface area contributed by atoms with Gasteiger partial charge in [0.2, 0.25) is 0 Å². The van der Waals surface area contributed by atoms with Crippen molar-refractivity contribution in [2.75, 3.05) is 6.26 Å². The number of pyridine rings is 1. The summed E-state index contributed by atoms with van der Waals surface area (Å²) in [6.45, 7) is 0.416. The number of rotatable bonds is 5. The van der Waals surface area contributed by atoms with Gasteiger partial charge in [-0.15, -0.1) is 0 Å². The van der Waals surface area contributed by atoms with Crippen molar-refractivity contribution in [3.8, 4) is 6.07 Å². The van der Waals surface area contributed by atoms with E-state index >= 15 is 0 Å². The number of aromatic nitrogens is 1. The molecule has 1 aromatic carbocycles. The zero-order valence-electron chi connectivity index (χ0n) is 11.7.